The van der Waals surface area contributed by atoms with E-state index in [4.69, 9.17) is 42.6 Å². The van der Waals surface area contributed by atoms with Crippen LogP contribution in [0, 0.1) is 0 Å². The molecule has 2 N–H and O–H groups in total. The van der Waals surface area contributed by atoms with Crippen LogP contribution in [0.5, 0.6) is 11.5 Å². The van der Waals surface area contributed by atoms with Gasteiger partial charge in [0.05, 0.1) is 50.1 Å². The quantitative estimate of drug-likeness (QED) is 0.0128. The second-order valence-corrected chi connectivity index (χ2v) is 172. The van der Waals surface area contributed by atoms with E-state index in [0.29, 0.717) is 61.9 Å². The number of likely N-dealkylation sites (N-methyl/N-ethyl adjacent to an activating group) is 3. The molecular formula is C45H134BI2N3O11P39. The lowest BCUT2D eigenvalue weighted by atomic mass is 10.3. The summed E-state index contributed by atoms with van der Waals surface area (Å²) in [6.07, 6.45) is -0.739. The van der Waals surface area contributed by atoms with Crippen LogP contribution >= 0.6 is 336 Å². The summed E-state index contributed by atoms with van der Waals surface area (Å²) in [5.41, 5.74) is 0. The first kappa shape index (κ1) is 131. The number of rotatable bonds is 35. The third-order valence-corrected chi connectivity index (χ3v) is 264. The maximum atomic E-state index is 11.3. The predicted octanol–water partition coefficient (Wildman–Crippen LogP) is 26.3. The Hall–Kier alpha value is 14.7. The molecule has 56 heteroatoms. The molecule has 1 radical (unpaired) electrons. The number of ether oxygens (including phenoxy) is 6. The second kappa shape index (κ2) is 96.9. The zero-order chi connectivity index (χ0) is 83.1. The summed E-state index contributed by atoms with van der Waals surface area (Å²) in [6.45, 7) is 26.5. The van der Waals surface area contributed by atoms with Crippen molar-refractivity contribution in [3.8, 4) is 11.5 Å². The van der Waals surface area contributed by atoms with Crippen molar-refractivity contribution in [2.75, 3.05) is 133 Å². The molecule has 0 saturated carbocycles. The van der Waals surface area contributed by atoms with E-state index in [9.17, 15) is 14.4 Å². The van der Waals surface area contributed by atoms with Crippen LogP contribution in [0.4, 0.5) is 4.79 Å². The van der Waals surface area contributed by atoms with Crippen LogP contribution in [-0.2, 0) is 28.5 Å². The van der Waals surface area contributed by atoms with Crippen molar-refractivity contribution < 1.29 is 81.5 Å². The minimum absolute atomic E-state index is 0. The van der Waals surface area contributed by atoms with Crippen LogP contribution in [-0.4, -0.2) is 188 Å². The van der Waals surface area contributed by atoms with Gasteiger partial charge in [0.15, 0.2) is 0 Å². The molecule has 0 bridgehead atoms. The van der Waals surface area contributed by atoms with Gasteiger partial charge in [-0.05, 0) is 172 Å². The first-order valence-electron chi connectivity index (χ1n) is 31.0. The molecule has 101 heavy (non-hydrogen) atoms. The number of hydrogen-bond donors (Lipinski definition) is 2. The number of esters is 2. The molecule has 0 amide bonds. The van der Waals surface area contributed by atoms with E-state index in [2.05, 4.69) is 215 Å². The van der Waals surface area contributed by atoms with Crippen LogP contribution in [0.15, 0.2) is 60.7 Å². The van der Waals surface area contributed by atoms with Gasteiger partial charge in [0.1, 0.15) is 37.8 Å². The van der Waals surface area contributed by atoms with E-state index in [1.165, 1.54) is 13.8 Å². The highest BCUT2D eigenvalue weighted by molar-refractivity contribution is 14.1. The van der Waals surface area contributed by atoms with Crippen molar-refractivity contribution in [3.63, 3.8) is 0 Å². The van der Waals surface area contributed by atoms with E-state index >= 15 is 0 Å². The lowest BCUT2D eigenvalue weighted by Gasteiger charge is -2.55. The number of alkyl halides is 1. The molecule has 0 saturated heterocycles. The minimum Gasteiger partial charge on any atom is -1.00 e. The van der Waals surface area contributed by atoms with Gasteiger partial charge in [-0.15, -0.1) is 188 Å². The van der Waals surface area contributed by atoms with Gasteiger partial charge in [-0.1, -0.05) is 121 Å². The summed E-state index contributed by atoms with van der Waals surface area (Å²) in [5.74, 6) is 0.480. The average molecular weight is 2370 g/mol. The molecule has 0 aliphatic carbocycles. The Bertz CT molecular complexity index is 1950. The molecule has 0 aliphatic heterocycles. The van der Waals surface area contributed by atoms with Crippen molar-refractivity contribution in [1.29, 1.82) is 3.95 Å². The van der Waals surface area contributed by atoms with Crippen LogP contribution in [0.2, 0.25) is 0 Å². The molecule has 0 heterocycles. The number of quaternary nitrogens is 1. The van der Waals surface area contributed by atoms with Gasteiger partial charge in [0.25, 0.3) is 0 Å². The molecule has 0 aromatic heterocycles. The van der Waals surface area contributed by atoms with Gasteiger partial charge in [-0.2, -0.15) is 0 Å². The molecule has 2 rings (SSSR count). The first-order valence-corrected chi connectivity index (χ1v) is 101. The number of aliphatic hydroxyl groups excluding tert-OH is 2. The molecule has 21 atom stereocenters. The lowest BCUT2D eigenvalue weighted by Crippen LogP contribution is -3.00. The second-order valence-electron chi connectivity index (χ2n) is 17.1. The molecule has 14 nitrogen and oxygen atoms in total. The maximum Gasteiger partial charge on any atom is 0.519 e. The summed E-state index contributed by atoms with van der Waals surface area (Å²) < 4.78 is 48.0. The predicted molar refractivity (Wildman–Crippen MR) is 596 cm³/mol. The largest absolute Gasteiger partial charge is 1.00 e. The molecule has 607 valence electrons. The van der Waals surface area contributed by atoms with E-state index < -0.39 is 6.16 Å². The van der Waals surface area contributed by atoms with E-state index in [0.717, 1.165) is 37.3 Å². The van der Waals surface area contributed by atoms with Crippen molar-refractivity contribution in [2.24, 2.45) is 0 Å². The highest BCUT2D eigenvalue weighted by Crippen LogP contribution is 3.42. The summed E-state index contributed by atoms with van der Waals surface area (Å²) >= 11 is 2.15. The fourth-order valence-corrected chi connectivity index (χ4v) is 529. The summed E-state index contributed by atoms with van der Waals surface area (Å²) in [7, 11) is 79.6. The molecule has 2 aromatic rings. The Morgan fingerprint density at radius 3 is 0.921 bits per heavy atom. The summed E-state index contributed by atoms with van der Waals surface area (Å²) in [6, 6.07) is 17.6. The van der Waals surface area contributed by atoms with Gasteiger partial charge in [-0.25, -0.2) is 4.79 Å². The van der Waals surface area contributed by atoms with Gasteiger partial charge < -0.3 is 76.9 Å². The molecule has 0 aliphatic rings. The number of carbonyl (C=O) groups is 3. The fraction of sp³-hybridized carbons (Fsp3) is 0.667. The smallest absolute Gasteiger partial charge is 0.519 e. The van der Waals surface area contributed by atoms with Crippen LogP contribution in [0.3, 0.4) is 0 Å². The lowest BCUT2D eigenvalue weighted by molar-refractivity contribution is -0.890. The highest BCUT2D eigenvalue weighted by atomic mass is 127. The molecule has 0 fully saturated rings. The Labute approximate surface area is 724 Å². The van der Waals surface area contributed by atoms with E-state index in [1.54, 1.807) is 62.8 Å². The number of methoxy groups -OCH3 is 2. The molecular weight excluding hydrogens is 2230 g/mol. The number of benzene rings is 2. The van der Waals surface area contributed by atoms with Crippen LogP contribution in [0.1, 0.15) is 69.2 Å². The molecule has 2 aromatic carbocycles. The SMILES string of the molecule is CC.CC.CC.CC.CI.CN(CCO)CCO.COCCN(C)CCOC(C)=O.COCC[N+](C)(C)CCOC(C)=O.O=C(Oc1ccccc1)Oc1ccccc1.PP(P)P(P(P)P)P(P(P(P)P)P(P)P)P(P(P(P)P)P(P)P)P(P(P(P)P)P(P)P)P(P(P)P)P(P)P.[2H]PC.[2H][B][3H].[I-]. The zero-order valence-corrected chi connectivity index (χ0v) is 107. The average Bonchev–Trinajstić information content (AvgIpc) is 0.751. The van der Waals surface area contributed by atoms with E-state index in [-0.39, 0.29) is 175 Å². The van der Waals surface area contributed by atoms with Crippen molar-refractivity contribution in [1.82, 2.24) is 9.80 Å². The zero-order valence-electron chi connectivity index (χ0n) is 65.1. The third kappa shape index (κ3) is 80.3. The van der Waals surface area contributed by atoms with Crippen molar-refractivity contribution >= 4 is 363 Å². The topological polar surface area (TPSA) is 154 Å². The number of hydrogen-bond acceptors (Lipinski definition) is 13. The minimum atomic E-state index is -0.739. The number of para-hydroxylation sites is 2. The van der Waals surface area contributed by atoms with Gasteiger partial charge in [0, 0.05) is 54.2 Å². The Morgan fingerprint density at radius 1 is 0.475 bits per heavy atom. The Morgan fingerprint density at radius 2 is 0.693 bits per heavy atom. The number of nitrogens with zero attached hydrogens (tertiary/aromatic N) is 3. The van der Waals surface area contributed by atoms with Gasteiger partial charge in [0.2, 0.25) is 0 Å². The number of halogens is 2. The fourth-order valence-electron chi connectivity index (χ4n) is 5.40. The summed E-state index contributed by atoms with van der Waals surface area (Å²) in [5, 5.41) is 16.7. The number of aliphatic hydroxyl groups is 2. The maximum absolute atomic E-state index is 11.3. The van der Waals surface area contributed by atoms with Crippen LogP contribution < -0.4 is 33.5 Å². The Kier molecular flexibility index (Phi) is 126. The molecule has 0 spiro atoms. The Balaban J connectivity index is -0.000000121. The normalized spacial score (nSPS) is 11.2. The highest BCUT2D eigenvalue weighted by Gasteiger charge is 2.54. The summed E-state index contributed by atoms with van der Waals surface area (Å²) in [4.78, 5) is 38.1. The standard InChI is InChI=1S/C13H10O3.C9H20NO3.C8H17NO3.C5H13NO2.4C2H6.CH3I.CH5P.BH2.HI.H40P38/c14-13(15-11-7-3-1-4-8-11)16-12-9-5-2-6-10-12;1-9(11)13-8-6-10(2,3)5-7-12-4;1-8(10)12-7-5-9(2)4-6-11-3;1-6(2-4-7)3-5-8;6*1-2;;;1-21(2)31(22(3)4)36(32(23(5)6)24(7)8)38(35(29(17)18)30(19)20)37(33(25(9)10)26(11)12)34(27(13)14)28(15)16/h1-10H;5-8H2,1-4H3;4-7H2,1-3H3;7-8H,2-5H2,1H3;4*1-2H3;1H3;2H2,1H3;1H2;1H;1-20H2/q;+1;;;;;;;;;;;/p-1/i;;;;;;;;;2D;1TD;;. The number of carbonyl (C=O) groups excluding carboxylic acids is 3. The van der Waals surface area contributed by atoms with Crippen molar-refractivity contribution in [3.05, 3.63) is 60.7 Å². The monoisotopic (exact) mass is 2370 g/mol. The molecule has 21 unspecified atom stereocenters. The third-order valence-electron chi connectivity index (χ3n) is 9.40. The first-order chi connectivity index (χ1) is 48.3. The van der Waals surface area contributed by atoms with Crippen molar-refractivity contribution in [2.45, 2.75) is 69.2 Å². The van der Waals surface area contributed by atoms with E-state index in [1.807, 2.05) is 103 Å². The van der Waals surface area contributed by atoms with Gasteiger partial charge in [-0.3, -0.25) is 9.59 Å². The van der Waals surface area contributed by atoms with Gasteiger partial charge >= 0.3 is 18.1 Å². The van der Waals surface area contributed by atoms with Crippen LogP contribution in [0.25, 0.3) is 0 Å².